The van der Waals surface area contributed by atoms with Crippen LogP contribution in [0.1, 0.15) is 34.6 Å². The number of carbonyl (C=O) groups excluding carboxylic acids is 1. The summed E-state index contributed by atoms with van der Waals surface area (Å²) in [4.78, 5) is 16.1. The van der Waals surface area contributed by atoms with Crippen LogP contribution >= 0.6 is 11.3 Å². The predicted octanol–water partition coefficient (Wildman–Crippen LogP) is 2.18. The lowest BCUT2D eigenvalue weighted by Crippen LogP contribution is -2.34. The number of carbonyl (C=O) groups is 1. The summed E-state index contributed by atoms with van der Waals surface area (Å²) in [7, 11) is 3.72. The van der Waals surface area contributed by atoms with Gasteiger partial charge in [-0.05, 0) is 25.8 Å². The van der Waals surface area contributed by atoms with Gasteiger partial charge in [0.15, 0.2) is 0 Å². The Kier molecular flexibility index (Phi) is 3.75. The maximum atomic E-state index is 12.6. The fourth-order valence-electron chi connectivity index (χ4n) is 3.16. The van der Waals surface area contributed by atoms with Gasteiger partial charge in [-0.1, -0.05) is 6.42 Å². The molecule has 1 saturated carbocycles. The van der Waals surface area contributed by atoms with Crippen LogP contribution < -0.4 is 0 Å². The number of thiophene rings is 1. The molecule has 2 heterocycles. The molecule has 0 saturated heterocycles. The number of aliphatic hydroxyl groups is 1. The number of aryl methyl sites for hydroxylation is 2. The Balaban J connectivity index is 1.78. The van der Waals surface area contributed by atoms with Crippen molar-refractivity contribution in [2.45, 2.75) is 32.3 Å². The van der Waals surface area contributed by atoms with E-state index in [9.17, 15) is 9.90 Å². The molecule has 0 aliphatic heterocycles. The van der Waals surface area contributed by atoms with Gasteiger partial charge in [-0.15, -0.1) is 11.3 Å². The fourth-order valence-corrected chi connectivity index (χ4v) is 4.28. The van der Waals surface area contributed by atoms with E-state index in [4.69, 9.17) is 0 Å². The summed E-state index contributed by atoms with van der Waals surface area (Å²) in [6, 6.07) is 1.94. The molecular formula is C15H21N3O2S. The zero-order valence-corrected chi connectivity index (χ0v) is 13.5. The highest BCUT2D eigenvalue weighted by Gasteiger charge is 2.28. The molecule has 2 aromatic heterocycles. The smallest absolute Gasteiger partial charge is 0.263 e. The molecule has 2 aromatic rings. The van der Waals surface area contributed by atoms with Gasteiger partial charge in [0.2, 0.25) is 0 Å². The summed E-state index contributed by atoms with van der Waals surface area (Å²) in [5, 5.41) is 15.3. The van der Waals surface area contributed by atoms with Crippen molar-refractivity contribution in [3.63, 3.8) is 0 Å². The normalized spacial score (nSPS) is 22.1. The third-order valence-electron chi connectivity index (χ3n) is 4.38. The summed E-state index contributed by atoms with van der Waals surface area (Å²) in [6.45, 7) is 2.59. The third-order valence-corrected chi connectivity index (χ3v) is 5.57. The molecular weight excluding hydrogens is 286 g/mol. The topological polar surface area (TPSA) is 58.4 Å². The van der Waals surface area contributed by atoms with Gasteiger partial charge in [0.25, 0.3) is 5.91 Å². The lowest BCUT2D eigenvalue weighted by molar-refractivity contribution is 0.0698. The summed E-state index contributed by atoms with van der Waals surface area (Å²) >= 11 is 1.49. The Morgan fingerprint density at radius 2 is 2.33 bits per heavy atom. The van der Waals surface area contributed by atoms with E-state index in [0.29, 0.717) is 6.54 Å². The van der Waals surface area contributed by atoms with Gasteiger partial charge in [0.05, 0.1) is 16.7 Å². The molecule has 2 atom stereocenters. The van der Waals surface area contributed by atoms with Crippen molar-refractivity contribution in [1.82, 2.24) is 14.7 Å². The largest absolute Gasteiger partial charge is 0.393 e. The van der Waals surface area contributed by atoms with Crippen LogP contribution in [0.2, 0.25) is 0 Å². The first-order valence-corrected chi connectivity index (χ1v) is 8.15. The number of rotatable bonds is 3. The highest BCUT2D eigenvalue weighted by molar-refractivity contribution is 7.20. The molecule has 1 aliphatic carbocycles. The van der Waals surface area contributed by atoms with Crippen molar-refractivity contribution in [1.29, 1.82) is 0 Å². The minimum atomic E-state index is -0.255. The van der Waals surface area contributed by atoms with Gasteiger partial charge in [-0.2, -0.15) is 5.10 Å². The van der Waals surface area contributed by atoms with E-state index < -0.39 is 0 Å². The van der Waals surface area contributed by atoms with Crippen LogP contribution in [-0.4, -0.2) is 45.4 Å². The maximum absolute atomic E-state index is 12.6. The number of fused-ring (bicyclic) bond motifs is 1. The zero-order valence-electron chi connectivity index (χ0n) is 12.7. The number of nitrogens with zero attached hydrogens (tertiary/aromatic N) is 3. The second-order valence-corrected chi connectivity index (χ2v) is 7.01. The minimum Gasteiger partial charge on any atom is -0.393 e. The first kappa shape index (κ1) is 14.5. The van der Waals surface area contributed by atoms with Crippen molar-refractivity contribution >= 4 is 27.5 Å². The monoisotopic (exact) mass is 307 g/mol. The number of aliphatic hydroxyl groups excluding tert-OH is 1. The lowest BCUT2D eigenvalue weighted by atomic mass is 10.1. The Morgan fingerprint density at radius 3 is 2.95 bits per heavy atom. The fraction of sp³-hybridized carbons (Fsp3) is 0.600. The second kappa shape index (κ2) is 5.42. The van der Waals surface area contributed by atoms with Gasteiger partial charge in [0.1, 0.15) is 4.83 Å². The molecule has 1 aliphatic rings. The van der Waals surface area contributed by atoms with Crippen LogP contribution in [0.25, 0.3) is 10.2 Å². The molecule has 0 spiro atoms. The van der Waals surface area contributed by atoms with Gasteiger partial charge >= 0.3 is 0 Å². The first-order chi connectivity index (χ1) is 9.97. The lowest BCUT2D eigenvalue weighted by Gasteiger charge is -2.22. The average Bonchev–Trinajstić information content (AvgIpc) is 3.10. The number of amides is 1. The molecule has 1 amide bonds. The van der Waals surface area contributed by atoms with Crippen LogP contribution in [0.3, 0.4) is 0 Å². The SMILES string of the molecule is Cc1nn(C)c2sc(C(=O)N(C)CC3CCCC3O)cc12. The van der Waals surface area contributed by atoms with Crippen LogP contribution in [0, 0.1) is 12.8 Å². The highest BCUT2D eigenvalue weighted by Crippen LogP contribution is 2.30. The highest BCUT2D eigenvalue weighted by atomic mass is 32.1. The third kappa shape index (κ3) is 2.58. The van der Waals surface area contributed by atoms with E-state index in [1.165, 1.54) is 11.3 Å². The summed E-state index contributed by atoms with van der Waals surface area (Å²) < 4.78 is 1.83. The van der Waals surface area contributed by atoms with E-state index in [0.717, 1.165) is 40.1 Å². The zero-order chi connectivity index (χ0) is 15.1. The van der Waals surface area contributed by atoms with E-state index in [1.54, 1.807) is 4.90 Å². The molecule has 3 rings (SSSR count). The molecule has 6 heteroatoms. The average molecular weight is 307 g/mol. The minimum absolute atomic E-state index is 0.0368. The molecule has 21 heavy (non-hydrogen) atoms. The number of hydrogen-bond donors (Lipinski definition) is 1. The molecule has 0 radical (unpaired) electrons. The molecule has 1 N–H and O–H groups in total. The predicted molar refractivity (Wildman–Crippen MR) is 83.6 cm³/mol. The molecule has 1 fully saturated rings. The second-order valence-electron chi connectivity index (χ2n) is 5.98. The van der Waals surface area contributed by atoms with Crippen molar-refractivity contribution in [2.75, 3.05) is 13.6 Å². The van der Waals surface area contributed by atoms with Crippen molar-refractivity contribution in [3.05, 3.63) is 16.6 Å². The van der Waals surface area contributed by atoms with Crippen LogP contribution in [-0.2, 0) is 7.05 Å². The van der Waals surface area contributed by atoms with Crippen LogP contribution in [0.4, 0.5) is 0 Å². The maximum Gasteiger partial charge on any atom is 0.263 e. The summed E-state index contributed by atoms with van der Waals surface area (Å²) in [5.74, 6) is 0.256. The van der Waals surface area contributed by atoms with Crippen LogP contribution in [0.5, 0.6) is 0 Å². The van der Waals surface area contributed by atoms with Crippen LogP contribution in [0.15, 0.2) is 6.07 Å². The van der Waals surface area contributed by atoms with E-state index in [1.807, 2.05) is 31.8 Å². The van der Waals surface area contributed by atoms with Gasteiger partial charge < -0.3 is 10.0 Å². The van der Waals surface area contributed by atoms with E-state index >= 15 is 0 Å². The van der Waals surface area contributed by atoms with Gasteiger partial charge in [-0.3, -0.25) is 9.48 Å². The quantitative estimate of drug-likeness (QED) is 0.945. The van der Waals surface area contributed by atoms with E-state index in [-0.39, 0.29) is 17.9 Å². The first-order valence-electron chi connectivity index (χ1n) is 7.34. The summed E-state index contributed by atoms with van der Waals surface area (Å²) in [6.07, 6.45) is 2.67. The summed E-state index contributed by atoms with van der Waals surface area (Å²) in [5.41, 5.74) is 0.955. The Morgan fingerprint density at radius 1 is 1.57 bits per heavy atom. The number of hydrogen-bond acceptors (Lipinski definition) is 4. The Bertz CT molecular complexity index is 641. The number of aromatic nitrogens is 2. The molecule has 0 aromatic carbocycles. The molecule has 5 nitrogen and oxygen atoms in total. The van der Waals surface area contributed by atoms with Gasteiger partial charge in [-0.25, -0.2) is 0 Å². The van der Waals surface area contributed by atoms with Crippen molar-refractivity contribution < 1.29 is 9.90 Å². The van der Waals surface area contributed by atoms with Crippen molar-refractivity contribution in [3.8, 4) is 0 Å². The molecule has 114 valence electrons. The Labute approximate surface area is 128 Å². The van der Waals surface area contributed by atoms with E-state index in [2.05, 4.69) is 5.10 Å². The molecule has 2 unspecified atom stereocenters. The molecule has 0 bridgehead atoms. The standard InChI is InChI=1S/C15H21N3O2S/c1-9-11-7-13(21-15(11)18(3)16-9)14(20)17(2)8-10-5-4-6-12(10)19/h7,10,12,19H,4-6,8H2,1-3H3. The Hall–Kier alpha value is -1.40. The van der Waals surface area contributed by atoms with Crippen molar-refractivity contribution in [2.24, 2.45) is 13.0 Å². The van der Waals surface area contributed by atoms with Gasteiger partial charge in [0, 0.05) is 31.9 Å².